The highest BCUT2D eigenvalue weighted by molar-refractivity contribution is 5.91. The Bertz CT molecular complexity index is 1290. The van der Waals surface area contributed by atoms with Gasteiger partial charge in [-0.25, -0.2) is 9.18 Å². The van der Waals surface area contributed by atoms with Crippen LogP contribution in [0.3, 0.4) is 0 Å². The number of ether oxygens (including phenoxy) is 3. The molecule has 2 saturated carbocycles. The van der Waals surface area contributed by atoms with E-state index in [-0.39, 0.29) is 66.3 Å². The van der Waals surface area contributed by atoms with Crippen LogP contribution in [0.4, 0.5) is 10.1 Å². The summed E-state index contributed by atoms with van der Waals surface area (Å²) in [5.41, 5.74) is 1.69. The second-order valence-electron chi connectivity index (χ2n) is 13.2. The van der Waals surface area contributed by atoms with Crippen molar-refractivity contribution in [3.8, 4) is 0 Å². The third-order valence-corrected chi connectivity index (χ3v) is 10.7. The number of para-hydroxylation sites is 1. The summed E-state index contributed by atoms with van der Waals surface area (Å²) in [6.07, 6.45) is 5.40. The lowest BCUT2D eigenvalue weighted by Crippen LogP contribution is -2.59. The van der Waals surface area contributed by atoms with E-state index in [1.807, 2.05) is 18.2 Å². The molecule has 3 fully saturated rings. The smallest absolute Gasteiger partial charge is 0.335 e. The second kappa shape index (κ2) is 12.4. The van der Waals surface area contributed by atoms with Crippen molar-refractivity contribution in [2.24, 2.45) is 22.7 Å². The minimum atomic E-state index is -0.560. The highest BCUT2D eigenvalue weighted by Crippen LogP contribution is 2.63. The number of piperazine rings is 1. The van der Waals surface area contributed by atoms with E-state index < -0.39 is 5.41 Å². The van der Waals surface area contributed by atoms with E-state index in [0.717, 1.165) is 19.3 Å². The van der Waals surface area contributed by atoms with Crippen LogP contribution in [0.2, 0.25) is 0 Å². The van der Waals surface area contributed by atoms with Gasteiger partial charge in [-0.15, -0.1) is 0 Å². The zero-order valence-electron chi connectivity index (χ0n) is 25.9. The Morgan fingerprint density at radius 3 is 2.47 bits per heavy atom. The van der Waals surface area contributed by atoms with Crippen molar-refractivity contribution in [3.63, 3.8) is 0 Å². The number of fused-ring (bicyclic) bond motifs is 1. The number of benzene rings is 1. The molecule has 2 aliphatic heterocycles. The predicted molar refractivity (Wildman–Crippen MR) is 161 cm³/mol. The summed E-state index contributed by atoms with van der Waals surface area (Å²) in [4.78, 5) is 41.4. The van der Waals surface area contributed by atoms with Crippen molar-refractivity contribution in [2.75, 3.05) is 44.3 Å². The molecule has 0 aromatic heterocycles. The fourth-order valence-electron chi connectivity index (χ4n) is 8.58. The molecule has 5 rings (SSSR count). The maximum Gasteiger partial charge on any atom is 0.335 e. The van der Waals surface area contributed by atoms with E-state index >= 15 is 0 Å². The van der Waals surface area contributed by atoms with Crippen LogP contribution in [0.15, 0.2) is 48.1 Å². The molecule has 0 radical (unpaired) electrons. The number of anilines is 1. The van der Waals surface area contributed by atoms with Crippen molar-refractivity contribution < 1.29 is 33.0 Å². The standard InChI is InChI=1S/C34H45FN2O6/c1-22-10-11-30-33(4,14-12-31(43-24(3)39)34(30,5)21-42-23(2)38)26(22)20-29(25-13-19-41-32(25)40)37-17-15-36(16-18-37)28-9-7-6-8-27(28)35/h6-9,13,26,29-31H,1,10-12,14-21H2,2-5H3/t26-,29+,30-,31+,33+,34-/m0/s1. The number of hydrogen-bond acceptors (Lipinski definition) is 8. The van der Waals surface area contributed by atoms with Crippen molar-refractivity contribution in [1.82, 2.24) is 4.90 Å². The molecule has 0 spiro atoms. The number of hydrogen-bond donors (Lipinski definition) is 0. The highest BCUT2D eigenvalue weighted by atomic mass is 19.1. The average molecular weight is 597 g/mol. The number of nitrogens with zero attached hydrogens (tertiary/aromatic N) is 2. The maximum atomic E-state index is 14.5. The number of halogens is 1. The van der Waals surface area contributed by atoms with Gasteiger partial charge in [-0.05, 0) is 67.6 Å². The van der Waals surface area contributed by atoms with Gasteiger partial charge in [0.1, 0.15) is 25.1 Å². The van der Waals surface area contributed by atoms with E-state index in [9.17, 15) is 18.8 Å². The molecule has 1 aromatic rings. The van der Waals surface area contributed by atoms with Crippen molar-refractivity contribution in [3.05, 3.63) is 53.9 Å². The van der Waals surface area contributed by atoms with E-state index in [1.54, 1.807) is 6.07 Å². The zero-order chi connectivity index (χ0) is 30.9. The molecule has 0 bridgehead atoms. The summed E-state index contributed by atoms with van der Waals surface area (Å²) in [6, 6.07) is 6.68. The van der Waals surface area contributed by atoms with Crippen LogP contribution in [0, 0.1) is 28.5 Å². The van der Waals surface area contributed by atoms with Crippen LogP contribution in [-0.4, -0.2) is 74.3 Å². The van der Waals surface area contributed by atoms with E-state index in [4.69, 9.17) is 14.2 Å². The van der Waals surface area contributed by atoms with E-state index in [2.05, 4.69) is 30.2 Å². The van der Waals surface area contributed by atoms with Gasteiger partial charge in [-0.1, -0.05) is 38.1 Å². The molecule has 4 aliphatic rings. The fraction of sp³-hybridized carbons (Fsp3) is 0.618. The summed E-state index contributed by atoms with van der Waals surface area (Å²) in [5, 5.41) is 0. The molecule has 0 unspecified atom stereocenters. The van der Waals surface area contributed by atoms with Crippen LogP contribution in [0.5, 0.6) is 0 Å². The first-order valence-electron chi connectivity index (χ1n) is 15.5. The Hall–Kier alpha value is -3.20. The quantitative estimate of drug-likeness (QED) is 0.234. The summed E-state index contributed by atoms with van der Waals surface area (Å²) in [5.74, 6) is -0.994. The Morgan fingerprint density at radius 2 is 1.84 bits per heavy atom. The number of cyclic esters (lactones) is 1. The van der Waals surface area contributed by atoms with Gasteiger partial charge in [0.05, 0.1) is 11.3 Å². The lowest BCUT2D eigenvalue weighted by Gasteiger charge is -2.61. The summed E-state index contributed by atoms with van der Waals surface area (Å²) in [6.45, 7) is 14.9. The van der Waals surface area contributed by atoms with Gasteiger partial charge >= 0.3 is 17.9 Å². The summed E-state index contributed by atoms with van der Waals surface area (Å²) >= 11 is 0. The summed E-state index contributed by atoms with van der Waals surface area (Å²) in [7, 11) is 0. The topological polar surface area (TPSA) is 85.4 Å². The molecule has 0 amide bonds. The summed E-state index contributed by atoms with van der Waals surface area (Å²) < 4.78 is 31.4. The molecule has 2 heterocycles. The van der Waals surface area contributed by atoms with Gasteiger partial charge in [0.25, 0.3) is 0 Å². The number of carbonyl (C=O) groups is 3. The van der Waals surface area contributed by atoms with Crippen LogP contribution in [0.25, 0.3) is 0 Å². The van der Waals surface area contributed by atoms with Gasteiger partial charge in [0, 0.05) is 51.5 Å². The lowest BCUT2D eigenvalue weighted by atomic mass is 9.45. The fourth-order valence-corrected chi connectivity index (χ4v) is 8.58. The molecule has 8 nitrogen and oxygen atoms in total. The molecule has 1 aromatic carbocycles. The SMILES string of the molecule is C=C1CC[C@@H]2[C@](C)(COC(C)=O)[C@H](OC(C)=O)CC[C@]2(C)[C@H]1C[C@H](C1=CCOC1=O)N1CCN(c2ccccc2F)CC1. The number of esters is 3. The van der Waals surface area contributed by atoms with Crippen molar-refractivity contribution in [2.45, 2.75) is 71.9 Å². The Balaban J connectivity index is 1.42. The van der Waals surface area contributed by atoms with E-state index in [1.165, 1.54) is 25.5 Å². The Labute approximate surface area is 254 Å². The number of carbonyl (C=O) groups excluding carboxylic acids is 3. The molecule has 234 valence electrons. The molecular weight excluding hydrogens is 551 g/mol. The van der Waals surface area contributed by atoms with Gasteiger partial charge in [0.2, 0.25) is 0 Å². The first-order chi connectivity index (χ1) is 20.4. The van der Waals surface area contributed by atoms with Crippen molar-refractivity contribution in [1.29, 1.82) is 0 Å². The second-order valence-corrected chi connectivity index (χ2v) is 13.2. The molecule has 9 heteroatoms. The zero-order valence-corrected chi connectivity index (χ0v) is 25.9. The number of allylic oxidation sites excluding steroid dienone is 1. The predicted octanol–water partition coefficient (Wildman–Crippen LogP) is 5.07. The molecule has 2 aliphatic carbocycles. The molecule has 1 saturated heterocycles. The number of rotatable bonds is 8. The lowest BCUT2D eigenvalue weighted by molar-refractivity contribution is -0.192. The van der Waals surface area contributed by atoms with Gasteiger partial charge in [-0.2, -0.15) is 0 Å². The Morgan fingerprint density at radius 1 is 1.12 bits per heavy atom. The minimum absolute atomic E-state index is 0.0880. The molecular formula is C34H45FN2O6. The molecule has 0 N–H and O–H groups in total. The normalized spacial score (nSPS) is 32.0. The average Bonchev–Trinajstić information content (AvgIpc) is 3.39. The first kappa shape index (κ1) is 31.2. The van der Waals surface area contributed by atoms with Gasteiger partial charge < -0.3 is 19.1 Å². The van der Waals surface area contributed by atoms with Crippen LogP contribution < -0.4 is 4.90 Å². The first-order valence-corrected chi connectivity index (χ1v) is 15.5. The minimum Gasteiger partial charge on any atom is -0.465 e. The van der Waals surface area contributed by atoms with Crippen molar-refractivity contribution >= 4 is 23.6 Å². The Kier molecular flexibility index (Phi) is 9.02. The van der Waals surface area contributed by atoms with Crippen LogP contribution in [0.1, 0.15) is 59.8 Å². The molecule has 6 atom stereocenters. The third kappa shape index (κ3) is 6.10. The largest absolute Gasteiger partial charge is 0.465 e. The molecule has 43 heavy (non-hydrogen) atoms. The van der Waals surface area contributed by atoms with Crippen LogP contribution in [-0.2, 0) is 28.6 Å². The van der Waals surface area contributed by atoms with Crippen LogP contribution >= 0.6 is 0 Å². The van der Waals surface area contributed by atoms with Gasteiger partial charge in [-0.3, -0.25) is 14.5 Å². The highest BCUT2D eigenvalue weighted by Gasteiger charge is 2.60. The maximum absolute atomic E-state index is 14.5. The third-order valence-electron chi connectivity index (χ3n) is 10.7. The monoisotopic (exact) mass is 596 g/mol. The van der Waals surface area contributed by atoms with Gasteiger partial charge in [0.15, 0.2) is 0 Å². The van der Waals surface area contributed by atoms with E-state index in [0.29, 0.717) is 50.3 Å².